The summed E-state index contributed by atoms with van der Waals surface area (Å²) >= 11 is 0. The number of pyridine rings is 1. The highest BCUT2D eigenvalue weighted by atomic mass is 16.5. The molecular weight excluding hydrogens is 348 g/mol. The predicted octanol–water partition coefficient (Wildman–Crippen LogP) is 5.77. The number of hydrogen-bond acceptors (Lipinski definition) is 3. The van der Waals surface area contributed by atoms with Crippen molar-refractivity contribution in [3.8, 4) is 11.5 Å². The number of nitrogens with zero attached hydrogens (tertiary/aromatic N) is 1. The third kappa shape index (κ3) is 3.86. The number of hydrogen-bond donors (Lipinski definition) is 1. The van der Waals surface area contributed by atoms with Crippen molar-refractivity contribution >= 4 is 22.4 Å². The van der Waals surface area contributed by atoms with Crippen LogP contribution in [-0.4, -0.2) is 10.9 Å². The van der Waals surface area contributed by atoms with Crippen molar-refractivity contribution in [1.82, 2.24) is 4.98 Å². The fourth-order valence-electron chi connectivity index (χ4n) is 3.10. The first kappa shape index (κ1) is 17.7. The molecule has 4 rings (SSSR count). The van der Waals surface area contributed by atoms with Crippen LogP contribution in [0.4, 0.5) is 5.69 Å². The molecule has 4 aromatic rings. The number of ether oxygens (including phenoxy) is 1. The molecule has 0 saturated heterocycles. The normalized spacial score (nSPS) is 11.8. The summed E-state index contributed by atoms with van der Waals surface area (Å²) in [5, 5.41) is 5.09. The Bertz CT molecular complexity index is 1100. The van der Waals surface area contributed by atoms with Gasteiger partial charge in [-0.25, -0.2) is 0 Å². The molecule has 1 N–H and O–H groups in total. The molecule has 1 amide bonds. The summed E-state index contributed by atoms with van der Waals surface area (Å²) in [6.45, 7) is 1.88. The van der Waals surface area contributed by atoms with Crippen molar-refractivity contribution in [2.24, 2.45) is 0 Å². The lowest BCUT2D eigenvalue weighted by atomic mass is 10.00. The van der Waals surface area contributed by atoms with Crippen molar-refractivity contribution in [2.75, 3.05) is 5.32 Å². The van der Waals surface area contributed by atoms with Crippen LogP contribution in [-0.2, 0) is 4.79 Å². The molecule has 0 aliphatic rings. The first-order valence-electron chi connectivity index (χ1n) is 9.17. The van der Waals surface area contributed by atoms with Gasteiger partial charge in [-0.05, 0) is 48.2 Å². The first-order valence-corrected chi connectivity index (χ1v) is 9.17. The second kappa shape index (κ2) is 7.92. The monoisotopic (exact) mass is 368 g/mol. The van der Waals surface area contributed by atoms with Crippen LogP contribution in [0.3, 0.4) is 0 Å². The number of rotatable bonds is 5. The zero-order valence-electron chi connectivity index (χ0n) is 15.5. The lowest BCUT2D eigenvalue weighted by molar-refractivity contribution is -0.117. The van der Waals surface area contributed by atoms with Gasteiger partial charge in [-0.2, -0.15) is 0 Å². The van der Waals surface area contributed by atoms with Crippen LogP contribution in [0.15, 0.2) is 91.3 Å². The fourth-order valence-corrected chi connectivity index (χ4v) is 3.10. The molecule has 138 valence electrons. The van der Waals surface area contributed by atoms with Gasteiger partial charge in [-0.1, -0.05) is 48.5 Å². The molecule has 1 atom stereocenters. The number of carbonyl (C=O) groups excluding carboxylic acids is 1. The average Bonchev–Trinajstić information content (AvgIpc) is 2.74. The standard InChI is InChI=1S/C24H20N2O2/c1-17(24(27)26-20-12-14-25-15-13-20)19-8-4-9-21(16-19)28-23-11-5-7-18-6-2-3-10-22(18)23/h2-17H,1H3,(H,25,26,27). The Morgan fingerprint density at radius 2 is 1.68 bits per heavy atom. The Morgan fingerprint density at radius 3 is 2.54 bits per heavy atom. The van der Waals surface area contributed by atoms with E-state index in [1.165, 1.54) is 0 Å². The number of nitrogens with one attached hydrogen (secondary N) is 1. The third-order valence-corrected chi connectivity index (χ3v) is 4.68. The fraction of sp³-hybridized carbons (Fsp3) is 0.0833. The Kier molecular flexibility index (Phi) is 5.02. The lowest BCUT2D eigenvalue weighted by Crippen LogP contribution is -2.18. The number of fused-ring (bicyclic) bond motifs is 1. The van der Waals surface area contributed by atoms with Gasteiger partial charge in [0.25, 0.3) is 0 Å². The summed E-state index contributed by atoms with van der Waals surface area (Å²) in [7, 11) is 0. The second-order valence-electron chi connectivity index (χ2n) is 6.60. The highest BCUT2D eigenvalue weighted by Gasteiger charge is 2.16. The van der Waals surface area contributed by atoms with E-state index in [2.05, 4.69) is 22.4 Å². The summed E-state index contributed by atoms with van der Waals surface area (Å²) in [4.78, 5) is 16.5. The predicted molar refractivity (Wildman–Crippen MR) is 112 cm³/mol. The van der Waals surface area contributed by atoms with E-state index >= 15 is 0 Å². The summed E-state index contributed by atoms with van der Waals surface area (Å²) in [6.07, 6.45) is 3.30. The van der Waals surface area contributed by atoms with Crippen molar-refractivity contribution in [2.45, 2.75) is 12.8 Å². The third-order valence-electron chi connectivity index (χ3n) is 4.68. The molecule has 0 bridgehead atoms. The van der Waals surface area contributed by atoms with Gasteiger partial charge in [0.1, 0.15) is 11.5 Å². The Hall–Kier alpha value is -3.66. The van der Waals surface area contributed by atoms with Gasteiger partial charge in [0.15, 0.2) is 0 Å². The molecule has 0 aliphatic heterocycles. The van der Waals surface area contributed by atoms with Crippen LogP contribution in [0.5, 0.6) is 11.5 Å². The zero-order valence-corrected chi connectivity index (χ0v) is 15.5. The van der Waals surface area contributed by atoms with E-state index in [0.717, 1.165) is 27.8 Å². The summed E-state index contributed by atoms with van der Waals surface area (Å²) in [5.41, 5.74) is 1.62. The summed E-state index contributed by atoms with van der Waals surface area (Å²) in [5.74, 6) is 1.11. The molecule has 28 heavy (non-hydrogen) atoms. The van der Waals surface area contributed by atoms with Gasteiger partial charge < -0.3 is 10.1 Å². The van der Waals surface area contributed by atoms with Crippen molar-refractivity contribution in [1.29, 1.82) is 0 Å². The molecule has 0 radical (unpaired) electrons. The smallest absolute Gasteiger partial charge is 0.231 e. The molecule has 1 heterocycles. The lowest BCUT2D eigenvalue weighted by Gasteiger charge is -2.14. The molecule has 0 aliphatic carbocycles. The molecule has 3 aromatic carbocycles. The highest BCUT2D eigenvalue weighted by Crippen LogP contribution is 2.31. The number of aromatic nitrogens is 1. The number of benzene rings is 3. The number of anilines is 1. The van der Waals surface area contributed by atoms with E-state index in [9.17, 15) is 4.79 Å². The minimum atomic E-state index is -0.316. The maximum atomic E-state index is 12.6. The molecule has 1 aromatic heterocycles. The van der Waals surface area contributed by atoms with E-state index in [0.29, 0.717) is 5.75 Å². The van der Waals surface area contributed by atoms with E-state index in [1.54, 1.807) is 24.5 Å². The topological polar surface area (TPSA) is 51.2 Å². The number of amides is 1. The maximum absolute atomic E-state index is 12.6. The van der Waals surface area contributed by atoms with Gasteiger partial charge in [0, 0.05) is 23.5 Å². The maximum Gasteiger partial charge on any atom is 0.231 e. The van der Waals surface area contributed by atoms with Crippen LogP contribution in [0.1, 0.15) is 18.4 Å². The molecular formula is C24H20N2O2. The SMILES string of the molecule is CC(C(=O)Nc1ccncc1)c1cccc(Oc2cccc3ccccc23)c1. The Balaban J connectivity index is 1.55. The minimum absolute atomic E-state index is 0.0755. The van der Waals surface area contributed by atoms with E-state index in [1.807, 2.05) is 61.5 Å². The van der Waals surface area contributed by atoms with Crippen molar-refractivity contribution in [3.05, 3.63) is 96.8 Å². The largest absolute Gasteiger partial charge is 0.457 e. The van der Waals surface area contributed by atoms with Gasteiger partial charge in [-0.3, -0.25) is 9.78 Å². The van der Waals surface area contributed by atoms with Crippen molar-refractivity contribution in [3.63, 3.8) is 0 Å². The van der Waals surface area contributed by atoms with Crippen LogP contribution in [0.25, 0.3) is 10.8 Å². The quantitative estimate of drug-likeness (QED) is 0.486. The molecule has 0 spiro atoms. The highest BCUT2D eigenvalue weighted by molar-refractivity contribution is 5.95. The summed E-state index contributed by atoms with van der Waals surface area (Å²) in [6, 6.07) is 25.3. The van der Waals surface area contributed by atoms with Crippen LogP contribution < -0.4 is 10.1 Å². The van der Waals surface area contributed by atoms with Crippen LogP contribution in [0, 0.1) is 0 Å². The van der Waals surface area contributed by atoms with Crippen LogP contribution in [0.2, 0.25) is 0 Å². The second-order valence-corrected chi connectivity index (χ2v) is 6.60. The summed E-state index contributed by atoms with van der Waals surface area (Å²) < 4.78 is 6.14. The molecule has 1 unspecified atom stereocenters. The zero-order chi connectivity index (χ0) is 19.3. The van der Waals surface area contributed by atoms with Gasteiger partial charge >= 0.3 is 0 Å². The van der Waals surface area contributed by atoms with Crippen molar-refractivity contribution < 1.29 is 9.53 Å². The molecule has 4 heteroatoms. The van der Waals surface area contributed by atoms with Crippen LogP contribution >= 0.6 is 0 Å². The minimum Gasteiger partial charge on any atom is -0.457 e. The number of carbonyl (C=O) groups is 1. The van der Waals surface area contributed by atoms with Gasteiger partial charge in [-0.15, -0.1) is 0 Å². The van der Waals surface area contributed by atoms with E-state index < -0.39 is 0 Å². The Labute approximate surface area is 163 Å². The van der Waals surface area contributed by atoms with E-state index in [4.69, 9.17) is 4.74 Å². The van der Waals surface area contributed by atoms with Gasteiger partial charge in [0.2, 0.25) is 5.91 Å². The molecule has 0 saturated carbocycles. The molecule has 0 fully saturated rings. The average molecular weight is 368 g/mol. The Morgan fingerprint density at radius 1 is 0.929 bits per heavy atom. The van der Waals surface area contributed by atoms with E-state index in [-0.39, 0.29) is 11.8 Å². The molecule has 4 nitrogen and oxygen atoms in total. The van der Waals surface area contributed by atoms with Gasteiger partial charge in [0.05, 0.1) is 5.92 Å². The first-order chi connectivity index (χ1) is 13.7.